The first-order chi connectivity index (χ1) is 16.4. The van der Waals surface area contributed by atoms with Gasteiger partial charge in [-0.3, -0.25) is 19.9 Å². The highest BCUT2D eigenvalue weighted by molar-refractivity contribution is 6.02. The van der Waals surface area contributed by atoms with Gasteiger partial charge >= 0.3 is 0 Å². The lowest BCUT2D eigenvalue weighted by Gasteiger charge is -2.28. The van der Waals surface area contributed by atoms with Crippen molar-refractivity contribution in [2.24, 2.45) is 0 Å². The van der Waals surface area contributed by atoms with Crippen LogP contribution in [0.2, 0.25) is 0 Å². The van der Waals surface area contributed by atoms with Crippen molar-refractivity contribution in [3.63, 3.8) is 0 Å². The molecule has 9 heteroatoms. The lowest BCUT2D eigenvalue weighted by Crippen LogP contribution is -2.40. The van der Waals surface area contributed by atoms with Crippen LogP contribution in [0.3, 0.4) is 0 Å². The zero-order valence-electron chi connectivity index (χ0n) is 19.5. The number of morpholine rings is 1. The van der Waals surface area contributed by atoms with Gasteiger partial charge in [0.2, 0.25) is 0 Å². The number of H-pyrrole nitrogens is 1. The Hall–Kier alpha value is -3.85. The molecule has 0 atom stereocenters. The van der Waals surface area contributed by atoms with Gasteiger partial charge in [0, 0.05) is 54.4 Å². The van der Waals surface area contributed by atoms with E-state index < -0.39 is 0 Å². The maximum Gasteiger partial charge on any atom is 0.253 e. The molecule has 1 aliphatic heterocycles. The summed E-state index contributed by atoms with van der Waals surface area (Å²) in [5, 5.41) is 11.0. The molecule has 4 aromatic rings. The van der Waals surface area contributed by atoms with E-state index in [0.29, 0.717) is 18.8 Å². The molecule has 1 amide bonds. The van der Waals surface area contributed by atoms with Crippen molar-refractivity contribution in [1.82, 2.24) is 30.5 Å². The summed E-state index contributed by atoms with van der Waals surface area (Å²) >= 11 is 0. The second-order valence-electron chi connectivity index (χ2n) is 9.32. The third kappa shape index (κ3) is 4.47. The van der Waals surface area contributed by atoms with Crippen molar-refractivity contribution in [1.29, 1.82) is 0 Å². The first kappa shape index (κ1) is 22.0. The molecule has 0 bridgehead atoms. The van der Waals surface area contributed by atoms with Crippen LogP contribution in [0.25, 0.3) is 33.4 Å². The highest BCUT2D eigenvalue weighted by atomic mass is 16.5. The fraction of sp³-hybridized carbons (Fsp3) is 0.320. The molecule has 1 aliphatic rings. The first-order valence-corrected chi connectivity index (χ1v) is 11.3. The van der Waals surface area contributed by atoms with E-state index >= 15 is 0 Å². The Labute approximate surface area is 197 Å². The number of ether oxygens (including phenoxy) is 1. The van der Waals surface area contributed by atoms with E-state index in [2.05, 4.69) is 36.4 Å². The van der Waals surface area contributed by atoms with E-state index in [0.717, 1.165) is 52.3 Å². The Morgan fingerprint density at radius 1 is 1.12 bits per heavy atom. The normalized spacial score (nSPS) is 14.4. The largest absolute Gasteiger partial charge is 0.378 e. The number of nitrogens with one attached hydrogen (secondary N) is 2. The molecule has 1 saturated heterocycles. The second kappa shape index (κ2) is 8.83. The SMILES string of the molecule is CC(C)(C)NC(=O)c1cncc(-c2cc(N3CCOCC3)nc3c(-c4ccn[nH]4)nccc23)c1. The van der Waals surface area contributed by atoms with E-state index in [1.807, 2.05) is 39.0 Å². The van der Waals surface area contributed by atoms with Crippen molar-refractivity contribution < 1.29 is 9.53 Å². The molecule has 5 rings (SSSR count). The van der Waals surface area contributed by atoms with E-state index in [9.17, 15) is 4.79 Å². The molecule has 0 radical (unpaired) electrons. The quantitative estimate of drug-likeness (QED) is 0.483. The molecule has 2 N–H and O–H groups in total. The van der Waals surface area contributed by atoms with Crippen LogP contribution in [0.15, 0.2) is 49.1 Å². The van der Waals surface area contributed by atoms with Crippen LogP contribution in [0, 0.1) is 0 Å². The summed E-state index contributed by atoms with van der Waals surface area (Å²) in [6.45, 7) is 8.68. The van der Waals surface area contributed by atoms with Crippen LogP contribution in [-0.2, 0) is 4.74 Å². The van der Waals surface area contributed by atoms with E-state index in [-0.39, 0.29) is 11.4 Å². The van der Waals surface area contributed by atoms with Crippen molar-refractivity contribution in [2.75, 3.05) is 31.2 Å². The number of rotatable bonds is 4. The van der Waals surface area contributed by atoms with Crippen LogP contribution in [0.5, 0.6) is 0 Å². The van der Waals surface area contributed by atoms with Crippen LogP contribution in [0.4, 0.5) is 5.82 Å². The van der Waals surface area contributed by atoms with Crippen LogP contribution >= 0.6 is 0 Å². The molecule has 1 fully saturated rings. The lowest BCUT2D eigenvalue weighted by atomic mass is 10.00. The van der Waals surface area contributed by atoms with Gasteiger partial charge in [-0.1, -0.05) is 0 Å². The third-order valence-electron chi connectivity index (χ3n) is 5.61. The monoisotopic (exact) mass is 457 g/mol. The Balaban J connectivity index is 1.68. The number of carbonyl (C=O) groups is 1. The van der Waals surface area contributed by atoms with Gasteiger partial charge in [-0.25, -0.2) is 4.98 Å². The predicted molar refractivity (Wildman–Crippen MR) is 131 cm³/mol. The fourth-order valence-corrected chi connectivity index (χ4v) is 4.04. The van der Waals surface area contributed by atoms with Gasteiger partial charge in [0.05, 0.1) is 24.5 Å². The number of hydrogen-bond acceptors (Lipinski definition) is 7. The predicted octanol–water partition coefficient (Wildman–Crippen LogP) is 3.45. The standard InChI is InChI=1S/C25H27N7O2/c1-25(2,3)30-24(33)17-12-16(14-26-15-17)19-13-21(32-8-10-34-11-9-32)29-22-18(19)4-6-27-23(22)20-5-7-28-31-20/h4-7,12-15H,8-11H2,1-3H3,(H,28,31)(H,30,33). The molecule has 4 aromatic heterocycles. The number of fused-ring (bicyclic) bond motifs is 1. The summed E-state index contributed by atoms with van der Waals surface area (Å²) in [5.41, 5.74) is 4.21. The average molecular weight is 458 g/mol. The van der Waals surface area contributed by atoms with E-state index in [4.69, 9.17) is 9.72 Å². The Kier molecular flexibility index (Phi) is 5.70. The molecule has 0 aromatic carbocycles. The van der Waals surface area contributed by atoms with Crippen LogP contribution in [0.1, 0.15) is 31.1 Å². The molecular weight excluding hydrogens is 430 g/mol. The number of amides is 1. The van der Waals surface area contributed by atoms with Gasteiger partial charge in [-0.15, -0.1) is 0 Å². The lowest BCUT2D eigenvalue weighted by molar-refractivity contribution is 0.0919. The average Bonchev–Trinajstić information content (AvgIpc) is 3.37. The van der Waals surface area contributed by atoms with Gasteiger partial charge < -0.3 is 15.0 Å². The molecule has 0 aliphatic carbocycles. The minimum atomic E-state index is -0.343. The summed E-state index contributed by atoms with van der Waals surface area (Å²) in [6.07, 6.45) is 6.84. The third-order valence-corrected chi connectivity index (χ3v) is 5.61. The molecule has 9 nitrogen and oxygen atoms in total. The van der Waals surface area contributed by atoms with Gasteiger partial charge in [-0.05, 0) is 50.6 Å². The van der Waals surface area contributed by atoms with E-state index in [1.54, 1.807) is 24.8 Å². The van der Waals surface area contributed by atoms with Gasteiger partial charge in [0.15, 0.2) is 0 Å². The molecule has 0 unspecified atom stereocenters. The molecule has 5 heterocycles. The van der Waals surface area contributed by atoms with Crippen LogP contribution < -0.4 is 10.2 Å². The zero-order valence-corrected chi connectivity index (χ0v) is 19.5. The fourth-order valence-electron chi connectivity index (χ4n) is 4.04. The number of aromatic amines is 1. The molecule has 0 spiro atoms. The van der Waals surface area contributed by atoms with Crippen molar-refractivity contribution in [2.45, 2.75) is 26.3 Å². The maximum atomic E-state index is 12.8. The number of pyridine rings is 3. The number of hydrogen-bond donors (Lipinski definition) is 2. The number of anilines is 1. The molecule has 34 heavy (non-hydrogen) atoms. The first-order valence-electron chi connectivity index (χ1n) is 11.3. The Bertz CT molecular complexity index is 1320. The minimum absolute atomic E-state index is 0.159. The summed E-state index contributed by atoms with van der Waals surface area (Å²) in [6, 6.07) is 7.77. The zero-order chi connectivity index (χ0) is 23.7. The van der Waals surface area contributed by atoms with Gasteiger partial charge in [-0.2, -0.15) is 5.10 Å². The smallest absolute Gasteiger partial charge is 0.253 e. The second-order valence-corrected chi connectivity index (χ2v) is 9.32. The highest BCUT2D eigenvalue weighted by Crippen LogP contribution is 2.35. The van der Waals surface area contributed by atoms with Crippen molar-refractivity contribution in [3.05, 3.63) is 54.6 Å². The molecular formula is C25H27N7O2. The minimum Gasteiger partial charge on any atom is -0.378 e. The maximum absolute atomic E-state index is 12.8. The number of carbonyl (C=O) groups excluding carboxylic acids is 1. The Morgan fingerprint density at radius 3 is 2.68 bits per heavy atom. The summed E-state index contributed by atoms with van der Waals surface area (Å²) in [4.78, 5) is 29.0. The van der Waals surface area contributed by atoms with Crippen molar-refractivity contribution >= 4 is 22.6 Å². The van der Waals surface area contributed by atoms with E-state index in [1.165, 1.54) is 0 Å². The number of nitrogens with zero attached hydrogens (tertiary/aromatic N) is 5. The molecule has 174 valence electrons. The van der Waals surface area contributed by atoms with Gasteiger partial charge in [0.25, 0.3) is 5.91 Å². The van der Waals surface area contributed by atoms with Crippen LogP contribution in [-0.4, -0.2) is 62.9 Å². The topological polar surface area (TPSA) is 109 Å². The highest BCUT2D eigenvalue weighted by Gasteiger charge is 2.20. The summed E-state index contributed by atoms with van der Waals surface area (Å²) in [5.74, 6) is 0.678. The van der Waals surface area contributed by atoms with Crippen molar-refractivity contribution in [3.8, 4) is 22.5 Å². The molecule has 0 saturated carbocycles. The Morgan fingerprint density at radius 2 is 1.94 bits per heavy atom. The number of aromatic nitrogens is 5. The summed E-state index contributed by atoms with van der Waals surface area (Å²) in [7, 11) is 0. The van der Waals surface area contributed by atoms with Gasteiger partial charge in [0.1, 0.15) is 17.0 Å². The summed E-state index contributed by atoms with van der Waals surface area (Å²) < 4.78 is 5.54.